The van der Waals surface area contributed by atoms with Gasteiger partial charge in [-0.05, 0) is 12.0 Å². The number of allylic oxidation sites excluding steroid dienone is 2. The fourth-order valence-electron chi connectivity index (χ4n) is 1.28. The van der Waals surface area contributed by atoms with Gasteiger partial charge in [0.15, 0.2) is 0 Å². The Hall–Kier alpha value is -0.890. The summed E-state index contributed by atoms with van der Waals surface area (Å²) in [6.07, 6.45) is 5.83. The molecule has 0 saturated heterocycles. The maximum absolute atomic E-state index is 10.9. The van der Waals surface area contributed by atoms with E-state index < -0.39 is 0 Å². The molecule has 1 aromatic carbocycles. The third-order valence-corrected chi connectivity index (χ3v) is 2.41. The van der Waals surface area contributed by atoms with E-state index in [1.807, 2.05) is 42.5 Å². The van der Waals surface area contributed by atoms with Crippen LogP contribution >= 0.6 is 15.9 Å². The van der Waals surface area contributed by atoms with Crippen LogP contribution in [0.25, 0.3) is 0 Å². The molecule has 0 saturated carbocycles. The average Bonchev–Trinajstić information content (AvgIpc) is 2.26. The highest BCUT2D eigenvalue weighted by molar-refractivity contribution is 9.09. The van der Waals surface area contributed by atoms with Crippen LogP contribution in [0.5, 0.6) is 0 Å². The highest BCUT2D eigenvalue weighted by atomic mass is 79.9. The standard InChI is InChI=1S/C12H13BrO/c13-9-5-4-8-12(10-14)11-6-2-1-3-7-11/h1-7,10,12H,8-9H2/b5-4-. The summed E-state index contributed by atoms with van der Waals surface area (Å²) in [5.74, 6) is -0.00787. The van der Waals surface area contributed by atoms with E-state index in [2.05, 4.69) is 15.9 Å². The molecular formula is C12H13BrO. The van der Waals surface area contributed by atoms with Gasteiger partial charge in [0.25, 0.3) is 0 Å². The van der Waals surface area contributed by atoms with Crippen molar-refractivity contribution >= 4 is 22.2 Å². The van der Waals surface area contributed by atoms with Crippen molar-refractivity contribution in [2.24, 2.45) is 0 Å². The van der Waals surface area contributed by atoms with Crippen LogP contribution in [0.3, 0.4) is 0 Å². The van der Waals surface area contributed by atoms with Crippen LogP contribution < -0.4 is 0 Å². The first-order valence-corrected chi connectivity index (χ1v) is 5.72. The minimum Gasteiger partial charge on any atom is -0.303 e. The Morgan fingerprint density at radius 2 is 1.93 bits per heavy atom. The van der Waals surface area contributed by atoms with Gasteiger partial charge in [-0.2, -0.15) is 0 Å². The molecule has 0 N–H and O–H groups in total. The van der Waals surface area contributed by atoms with Gasteiger partial charge in [0.1, 0.15) is 6.29 Å². The molecule has 0 spiro atoms. The molecule has 1 rings (SSSR count). The minimum absolute atomic E-state index is 0.00787. The van der Waals surface area contributed by atoms with E-state index >= 15 is 0 Å². The second kappa shape index (κ2) is 6.55. The number of alkyl halides is 1. The summed E-state index contributed by atoms with van der Waals surface area (Å²) in [7, 11) is 0. The topological polar surface area (TPSA) is 17.1 Å². The van der Waals surface area contributed by atoms with Gasteiger partial charge in [-0.15, -0.1) is 0 Å². The van der Waals surface area contributed by atoms with Crippen LogP contribution in [0.2, 0.25) is 0 Å². The van der Waals surface area contributed by atoms with E-state index in [1.165, 1.54) is 0 Å². The first-order valence-electron chi connectivity index (χ1n) is 4.59. The number of carbonyl (C=O) groups excluding carboxylic acids is 1. The van der Waals surface area contributed by atoms with Crippen molar-refractivity contribution in [1.29, 1.82) is 0 Å². The lowest BCUT2D eigenvalue weighted by Crippen LogP contribution is -1.98. The number of benzene rings is 1. The van der Waals surface area contributed by atoms with Crippen molar-refractivity contribution in [3.05, 3.63) is 48.0 Å². The molecule has 0 aliphatic carbocycles. The van der Waals surface area contributed by atoms with Crippen molar-refractivity contribution in [2.45, 2.75) is 12.3 Å². The summed E-state index contributed by atoms with van der Waals surface area (Å²) < 4.78 is 0. The van der Waals surface area contributed by atoms with Crippen LogP contribution in [0.1, 0.15) is 17.9 Å². The van der Waals surface area contributed by atoms with Crippen LogP contribution in [0, 0.1) is 0 Å². The predicted molar refractivity (Wildman–Crippen MR) is 62.8 cm³/mol. The molecule has 1 atom stereocenters. The van der Waals surface area contributed by atoms with E-state index in [9.17, 15) is 4.79 Å². The van der Waals surface area contributed by atoms with Crippen molar-refractivity contribution < 1.29 is 4.79 Å². The maximum atomic E-state index is 10.9. The van der Waals surface area contributed by atoms with Crippen LogP contribution in [0.15, 0.2) is 42.5 Å². The molecule has 1 aromatic rings. The summed E-state index contributed by atoms with van der Waals surface area (Å²) in [4.78, 5) is 10.9. The summed E-state index contributed by atoms with van der Waals surface area (Å²) in [5, 5.41) is 0.841. The molecule has 0 amide bonds. The van der Waals surface area contributed by atoms with Crippen LogP contribution in [0.4, 0.5) is 0 Å². The lowest BCUT2D eigenvalue weighted by molar-refractivity contribution is -0.109. The Morgan fingerprint density at radius 3 is 2.50 bits per heavy atom. The molecule has 74 valence electrons. The van der Waals surface area contributed by atoms with Gasteiger partial charge in [0, 0.05) is 11.2 Å². The molecule has 1 nitrogen and oxygen atoms in total. The summed E-state index contributed by atoms with van der Waals surface area (Å²) in [6, 6.07) is 9.85. The molecule has 0 fully saturated rings. The SMILES string of the molecule is O=CC(C/C=C\CBr)c1ccccc1. The first kappa shape index (κ1) is 11.2. The Balaban J connectivity index is 2.63. The second-order valence-corrected chi connectivity index (χ2v) is 3.66. The highest BCUT2D eigenvalue weighted by Crippen LogP contribution is 2.17. The minimum atomic E-state index is -0.00787. The number of halogens is 1. The van der Waals surface area contributed by atoms with Gasteiger partial charge in [0.2, 0.25) is 0 Å². The predicted octanol–water partition coefficient (Wildman–Crippen LogP) is 3.31. The zero-order valence-corrected chi connectivity index (χ0v) is 9.48. The third-order valence-electron chi connectivity index (χ3n) is 2.04. The lowest BCUT2D eigenvalue weighted by Gasteiger charge is -2.06. The fourth-order valence-corrected chi connectivity index (χ4v) is 1.54. The van der Waals surface area contributed by atoms with E-state index in [0.717, 1.165) is 23.6 Å². The maximum Gasteiger partial charge on any atom is 0.127 e. The molecule has 0 heterocycles. The third kappa shape index (κ3) is 3.46. The van der Waals surface area contributed by atoms with Crippen molar-refractivity contribution in [1.82, 2.24) is 0 Å². The van der Waals surface area contributed by atoms with Gasteiger partial charge < -0.3 is 4.79 Å². The van der Waals surface area contributed by atoms with E-state index in [0.29, 0.717) is 0 Å². The van der Waals surface area contributed by atoms with E-state index in [4.69, 9.17) is 0 Å². The van der Waals surface area contributed by atoms with Crippen molar-refractivity contribution in [2.75, 3.05) is 5.33 Å². The van der Waals surface area contributed by atoms with Crippen LogP contribution in [-0.2, 0) is 4.79 Å². The molecule has 1 unspecified atom stereocenters. The van der Waals surface area contributed by atoms with E-state index in [1.54, 1.807) is 0 Å². The molecule has 0 aliphatic rings. The zero-order valence-electron chi connectivity index (χ0n) is 7.90. The largest absolute Gasteiger partial charge is 0.303 e. The number of rotatable bonds is 5. The first-order chi connectivity index (χ1) is 6.88. The molecular weight excluding hydrogens is 240 g/mol. The van der Waals surface area contributed by atoms with Crippen LogP contribution in [-0.4, -0.2) is 11.6 Å². The second-order valence-electron chi connectivity index (χ2n) is 3.01. The molecule has 0 radical (unpaired) electrons. The molecule has 2 heteroatoms. The average molecular weight is 253 g/mol. The van der Waals surface area contributed by atoms with Gasteiger partial charge in [-0.1, -0.05) is 58.4 Å². The molecule has 0 aromatic heterocycles. The van der Waals surface area contributed by atoms with Gasteiger partial charge in [-0.25, -0.2) is 0 Å². The molecule has 14 heavy (non-hydrogen) atoms. The fraction of sp³-hybridized carbons (Fsp3) is 0.250. The molecule has 0 aliphatic heterocycles. The Morgan fingerprint density at radius 1 is 1.21 bits per heavy atom. The number of hydrogen-bond acceptors (Lipinski definition) is 1. The van der Waals surface area contributed by atoms with Gasteiger partial charge >= 0.3 is 0 Å². The number of hydrogen-bond donors (Lipinski definition) is 0. The highest BCUT2D eigenvalue weighted by Gasteiger charge is 2.06. The Bertz CT molecular complexity index is 292. The van der Waals surface area contributed by atoms with Crippen molar-refractivity contribution in [3.8, 4) is 0 Å². The van der Waals surface area contributed by atoms with Crippen molar-refractivity contribution in [3.63, 3.8) is 0 Å². The normalized spacial score (nSPS) is 12.9. The Kier molecular flexibility index (Phi) is 5.23. The summed E-state index contributed by atoms with van der Waals surface area (Å²) in [5.41, 5.74) is 1.08. The van der Waals surface area contributed by atoms with E-state index in [-0.39, 0.29) is 5.92 Å². The Labute approximate surface area is 93.0 Å². The lowest BCUT2D eigenvalue weighted by atomic mass is 9.97. The number of carbonyl (C=O) groups is 1. The quantitative estimate of drug-likeness (QED) is 0.447. The monoisotopic (exact) mass is 252 g/mol. The van der Waals surface area contributed by atoms with Gasteiger partial charge in [-0.3, -0.25) is 0 Å². The number of aldehydes is 1. The van der Waals surface area contributed by atoms with Gasteiger partial charge in [0.05, 0.1) is 0 Å². The molecule has 0 bridgehead atoms. The zero-order chi connectivity index (χ0) is 10.2. The summed E-state index contributed by atoms with van der Waals surface area (Å²) in [6.45, 7) is 0. The summed E-state index contributed by atoms with van der Waals surface area (Å²) >= 11 is 3.30. The smallest absolute Gasteiger partial charge is 0.127 e.